The molecule has 0 saturated carbocycles. The lowest BCUT2D eigenvalue weighted by Crippen LogP contribution is -2.28. The Bertz CT molecular complexity index is 593. The monoisotopic (exact) mass is 275 g/mol. The minimum Gasteiger partial charge on any atom is -0.467 e. The van der Waals surface area contributed by atoms with Gasteiger partial charge < -0.3 is 9.32 Å². The Balaban J connectivity index is 1.60. The molecule has 2 amide bonds. The number of aromatic nitrogens is 3. The molecular weight excluding hydrogens is 262 g/mol. The van der Waals surface area contributed by atoms with Gasteiger partial charge in [-0.3, -0.25) is 14.9 Å². The molecule has 0 bridgehead atoms. The van der Waals surface area contributed by atoms with Crippen LogP contribution in [0.5, 0.6) is 0 Å². The van der Waals surface area contributed by atoms with Crippen molar-refractivity contribution in [3.8, 4) is 0 Å². The zero-order chi connectivity index (χ0) is 13.9. The molecule has 1 aliphatic heterocycles. The summed E-state index contributed by atoms with van der Waals surface area (Å²) in [5, 5.41) is 8.78. The quantitative estimate of drug-likeness (QED) is 0.839. The number of furan rings is 1. The first-order valence-corrected chi connectivity index (χ1v) is 6.19. The number of rotatable bonds is 4. The molecule has 3 heterocycles. The van der Waals surface area contributed by atoms with Crippen molar-refractivity contribution in [2.75, 3.05) is 11.9 Å². The molecule has 2 aromatic heterocycles. The predicted octanol–water partition coefficient (Wildman–Crippen LogP) is 0.385. The molecule has 1 unspecified atom stereocenters. The second-order valence-corrected chi connectivity index (χ2v) is 4.58. The normalized spacial score (nSPS) is 18.5. The highest BCUT2D eigenvalue weighted by molar-refractivity contribution is 5.96. The van der Waals surface area contributed by atoms with E-state index < -0.39 is 0 Å². The van der Waals surface area contributed by atoms with E-state index in [9.17, 15) is 9.59 Å². The van der Waals surface area contributed by atoms with Gasteiger partial charge in [-0.25, -0.2) is 5.10 Å². The van der Waals surface area contributed by atoms with Gasteiger partial charge in [0.2, 0.25) is 17.8 Å². The maximum atomic E-state index is 12.0. The Hall–Kier alpha value is -2.64. The number of amides is 2. The summed E-state index contributed by atoms with van der Waals surface area (Å²) in [6.45, 7) is 0.761. The molecule has 3 rings (SSSR count). The average Bonchev–Trinajstić information content (AvgIpc) is 3.13. The Morgan fingerprint density at radius 2 is 2.50 bits per heavy atom. The Morgan fingerprint density at radius 1 is 1.60 bits per heavy atom. The molecule has 0 aliphatic carbocycles. The van der Waals surface area contributed by atoms with Crippen LogP contribution < -0.4 is 5.32 Å². The summed E-state index contributed by atoms with van der Waals surface area (Å²) in [5.41, 5.74) is 0. The van der Waals surface area contributed by atoms with Crippen molar-refractivity contribution < 1.29 is 14.0 Å². The van der Waals surface area contributed by atoms with Crippen LogP contribution >= 0.6 is 0 Å². The second-order valence-electron chi connectivity index (χ2n) is 4.58. The standard InChI is InChI=1S/C12H13N5O3/c18-10-4-8(11(19)15-12-13-7-14-16-12)5-17(10)6-9-2-1-3-20-9/h1-3,7-8H,4-6H2,(H2,13,14,15,16,19). The van der Waals surface area contributed by atoms with E-state index in [2.05, 4.69) is 20.5 Å². The van der Waals surface area contributed by atoms with Crippen molar-refractivity contribution in [2.45, 2.75) is 13.0 Å². The highest BCUT2D eigenvalue weighted by Crippen LogP contribution is 2.21. The first kappa shape index (κ1) is 12.4. The number of nitrogens with one attached hydrogen (secondary N) is 2. The summed E-state index contributed by atoms with van der Waals surface area (Å²) in [7, 11) is 0. The van der Waals surface area contributed by atoms with Crippen molar-refractivity contribution in [3.63, 3.8) is 0 Å². The largest absolute Gasteiger partial charge is 0.467 e. The topological polar surface area (TPSA) is 104 Å². The van der Waals surface area contributed by atoms with Crippen LogP contribution in [0.25, 0.3) is 0 Å². The SMILES string of the molecule is O=C(Nc1ncn[nH]1)C1CC(=O)N(Cc2ccco2)C1. The van der Waals surface area contributed by atoms with E-state index in [1.54, 1.807) is 23.3 Å². The van der Waals surface area contributed by atoms with Gasteiger partial charge in [0, 0.05) is 13.0 Å². The second kappa shape index (κ2) is 5.16. The lowest BCUT2D eigenvalue weighted by atomic mass is 10.1. The summed E-state index contributed by atoms with van der Waals surface area (Å²) in [6.07, 6.45) is 3.06. The molecule has 0 aromatic carbocycles. The highest BCUT2D eigenvalue weighted by Gasteiger charge is 2.34. The molecule has 20 heavy (non-hydrogen) atoms. The number of hydrogen-bond donors (Lipinski definition) is 2. The third-order valence-electron chi connectivity index (χ3n) is 3.17. The molecule has 2 aromatic rings. The molecule has 0 radical (unpaired) electrons. The average molecular weight is 275 g/mol. The lowest BCUT2D eigenvalue weighted by molar-refractivity contribution is -0.128. The van der Waals surface area contributed by atoms with Gasteiger partial charge >= 0.3 is 0 Å². The van der Waals surface area contributed by atoms with Gasteiger partial charge in [0.05, 0.1) is 18.7 Å². The molecule has 1 atom stereocenters. The van der Waals surface area contributed by atoms with E-state index in [1.165, 1.54) is 6.33 Å². The third-order valence-corrected chi connectivity index (χ3v) is 3.17. The van der Waals surface area contributed by atoms with Crippen LogP contribution in [-0.4, -0.2) is 38.4 Å². The van der Waals surface area contributed by atoms with Crippen LogP contribution in [0.4, 0.5) is 5.95 Å². The number of carbonyl (C=O) groups is 2. The number of carbonyl (C=O) groups excluding carboxylic acids is 2. The predicted molar refractivity (Wildman–Crippen MR) is 67.2 cm³/mol. The molecule has 0 spiro atoms. The van der Waals surface area contributed by atoms with Crippen molar-refractivity contribution in [3.05, 3.63) is 30.5 Å². The fraction of sp³-hybridized carbons (Fsp3) is 0.333. The number of nitrogens with zero attached hydrogens (tertiary/aromatic N) is 3. The van der Waals surface area contributed by atoms with Gasteiger partial charge in [0.25, 0.3) is 0 Å². The maximum Gasteiger partial charge on any atom is 0.232 e. The number of likely N-dealkylation sites (tertiary alicyclic amines) is 1. The van der Waals surface area contributed by atoms with Crippen LogP contribution in [-0.2, 0) is 16.1 Å². The van der Waals surface area contributed by atoms with Crippen molar-refractivity contribution in [2.24, 2.45) is 5.92 Å². The fourth-order valence-corrected chi connectivity index (χ4v) is 2.18. The van der Waals surface area contributed by atoms with Gasteiger partial charge in [-0.05, 0) is 12.1 Å². The van der Waals surface area contributed by atoms with Crippen LogP contribution in [0, 0.1) is 5.92 Å². The van der Waals surface area contributed by atoms with Crippen LogP contribution in [0.1, 0.15) is 12.2 Å². The zero-order valence-corrected chi connectivity index (χ0v) is 10.6. The smallest absolute Gasteiger partial charge is 0.232 e. The Kier molecular flexibility index (Phi) is 3.20. The summed E-state index contributed by atoms with van der Waals surface area (Å²) in [6, 6.07) is 3.57. The first-order chi connectivity index (χ1) is 9.72. The number of hydrogen-bond acceptors (Lipinski definition) is 5. The van der Waals surface area contributed by atoms with Gasteiger partial charge in [-0.2, -0.15) is 10.1 Å². The molecule has 8 nitrogen and oxygen atoms in total. The van der Waals surface area contributed by atoms with E-state index >= 15 is 0 Å². The molecule has 8 heteroatoms. The first-order valence-electron chi connectivity index (χ1n) is 6.19. The van der Waals surface area contributed by atoms with Crippen LogP contribution in [0.3, 0.4) is 0 Å². The zero-order valence-electron chi connectivity index (χ0n) is 10.6. The fourth-order valence-electron chi connectivity index (χ4n) is 2.18. The third kappa shape index (κ3) is 2.53. The molecular formula is C12H13N5O3. The minimum atomic E-state index is -0.387. The molecule has 104 valence electrons. The van der Waals surface area contributed by atoms with Gasteiger partial charge in [0.15, 0.2) is 0 Å². The van der Waals surface area contributed by atoms with Crippen LogP contribution in [0.2, 0.25) is 0 Å². The van der Waals surface area contributed by atoms with E-state index in [-0.39, 0.29) is 30.1 Å². The van der Waals surface area contributed by atoms with E-state index in [0.717, 1.165) is 0 Å². The summed E-state index contributed by atoms with van der Waals surface area (Å²) < 4.78 is 5.21. The number of H-pyrrole nitrogens is 1. The Labute approximate surface area is 114 Å². The maximum absolute atomic E-state index is 12.0. The van der Waals surface area contributed by atoms with E-state index in [4.69, 9.17) is 4.42 Å². The van der Waals surface area contributed by atoms with E-state index in [0.29, 0.717) is 18.8 Å². The van der Waals surface area contributed by atoms with E-state index in [1.807, 2.05) is 0 Å². The van der Waals surface area contributed by atoms with Gasteiger partial charge in [-0.15, -0.1) is 0 Å². The highest BCUT2D eigenvalue weighted by atomic mass is 16.3. The van der Waals surface area contributed by atoms with Crippen LogP contribution in [0.15, 0.2) is 29.1 Å². The van der Waals surface area contributed by atoms with Gasteiger partial charge in [-0.1, -0.05) is 0 Å². The van der Waals surface area contributed by atoms with Gasteiger partial charge in [0.1, 0.15) is 12.1 Å². The molecule has 1 fully saturated rings. The number of aromatic amines is 1. The lowest BCUT2D eigenvalue weighted by Gasteiger charge is -2.14. The summed E-state index contributed by atoms with van der Waals surface area (Å²) >= 11 is 0. The van der Waals surface area contributed by atoms with Crippen molar-refractivity contribution in [1.29, 1.82) is 0 Å². The molecule has 1 aliphatic rings. The van der Waals surface area contributed by atoms with Crippen molar-refractivity contribution in [1.82, 2.24) is 20.1 Å². The molecule has 2 N–H and O–H groups in total. The number of anilines is 1. The summed E-state index contributed by atoms with van der Waals surface area (Å²) in [4.78, 5) is 29.3. The summed E-state index contributed by atoms with van der Waals surface area (Å²) in [5.74, 6) is 0.306. The van der Waals surface area contributed by atoms with Crippen molar-refractivity contribution >= 4 is 17.8 Å². The molecule has 1 saturated heterocycles. The Morgan fingerprint density at radius 3 is 3.20 bits per heavy atom. The minimum absolute atomic E-state index is 0.0564.